The molecule has 1 amide bonds. The van der Waals surface area contributed by atoms with E-state index in [9.17, 15) is 15.0 Å². The van der Waals surface area contributed by atoms with Gasteiger partial charge in [-0.25, -0.2) is 0 Å². The summed E-state index contributed by atoms with van der Waals surface area (Å²) in [5.74, 6) is 0.426. The molecule has 2 aliphatic heterocycles. The molecule has 0 unspecified atom stereocenters. The number of amides is 1. The highest BCUT2D eigenvalue weighted by atomic mass is 35.5. The molecule has 2 saturated heterocycles. The first-order valence-corrected chi connectivity index (χ1v) is 11.7. The number of hydrogen-bond acceptors (Lipinski definition) is 6. The highest BCUT2D eigenvalue weighted by molar-refractivity contribution is 7.99. The number of thioether (sulfide) groups is 1. The van der Waals surface area contributed by atoms with Crippen LogP contribution in [0.1, 0.15) is 33.1 Å². The Morgan fingerprint density at radius 1 is 1.41 bits per heavy atom. The number of aliphatic hydroxyl groups excluding tert-OH is 2. The third kappa shape index (κ3) is 5.44. The Morgan fingerprint density at radius 3 is 2.63 bits per heavy atom. The van der Waals surface area contributed by atoms with Crippen LogP contribution in [0.4, 0.5) is 0 Å². The highest BCUT2D eigenvalue weighted by Gasteiger charge is 2.48. The average molecular weight is 443 g/mol. The number of ether oxygens (including phenoxy) is 1. The van der Waals surface area contributed by atoms with Crippen LogP contribution in [0.3, 0.4) is 0 Å². The van der Waals surface area contributed by atoms with Crippen LogP contribution < -0.4 is 5.32 Å². The second kappa shape index (κ2) is 10.3. The van der Waals surface area contributed by atoms with Gasteiger partial charge in [0.05, 0.1) is 28.9 Å². The van der Waals surface area contributed by atoms with Crippen LogP contribution in [0, 0.1) is 5.92 Å². The van der Waals surface area contributed by atoms with E-state index in [4.69, 9.17) is 27.9 Å². The van der Waals surface area contributed by atoms with Crippen LogP contribution in [-0.2, 0) is 9.53 Å². The fourth-order valence-electron chi connectivity index (χ4n) is 4.08. The van der Waals surface area contributed by atoms with E-state index in [-0.39, 0.29) is 11.9 Å². The summed E-state index contributed by atoms with van der Waals surface area (Å²) in [7, 11) is 1.96. The SMILES string of the molecule is CCC[C@@H]1C[C@@H](C(=O)N[C@@H]([C@H]2O[C@H](SC)[C@@H](O)[C@@H](O)[C@H]2Cl)[C@H](C)Cl)N(C)C1. The van der Waals surface area contributed by atoms with E-state index in [1.165, 1.54) is 11.8 Å². The lowest BCUT2D eigenvalue weighted by molar-refractivity contribution is -0.145. The fraction of sp³-hybridized carbons (Fsp3) is 0.944. The number of hydrogen-bond donors (Lipinski definition) is 3. The Kier molecular flexibility index (Phi) is 8.99. The van der Waals surface area contributed by atoms with Crippen molar-refractivity contribution in [3.63, 3.8) is 0 Å². The second-order valence-corrected chi connectivity index (χ2v) is 9.82. The Balaban J connectivity index is 2.09. The first-order valence-electron chi connectivity index (χ1n) is 9.54. The Hall–Kier alpha value is 0.240. The van der Waals surface area contributed by atoms with Crippen LogP contribution in [0.15, 0.2) is 0 Å². The van der Waals surface area contributed by atoms with Gasteiger partial charge in [-0.1, -0.05) is 13.3 Å². The third-order valence-corrected chi connectivity index (χ3v) is 7.22. The molecule has 9 heteroatoms. The number of aliphatic hydroxyl groups is 2. The molecular weight excluding hydrogens is 411 g/mol. The van der Waals surface area contributed by atoms with E-state index in [2.05, 4.69) is 17.1 Å². The van der Waals surface area contributed by atoms with Crippen molar-refractivity contribution in [3.8, 4) is 0 Å². The number of nitrogens with one attached hydrogen (secondary N) is 1. The van der Waals surface area contributed by atoms with Crippen LogP contribution >= 0.6 is 35.0 Å². The van der Waals surface area contributed by atoms with Crippen molar-refractivity contribution in [1.82, 2.24) is 10.2 Å². The number of carbonyl (C=O) groups excluding carboxylic acids is 1. The molecule has 2 heterocycles. The highest BCUT2D eigenvalue weighted by Crippen LogP contribution is 2.33. The summed E-state index contributed by atoms with van der Waals surface area (Å²) in [6, 6.07) is -0.777. The molecule has 0 saturated carbocycles. The van der Waals surface area contributed by atoms with E-state index >= 15 is 0 Å². The predicted molar refractivity (Wildman–Crippen MR) is 111 cm³/mol. The lowest BCUT2D eigenvalue weighted by Crippen LogP contribution is -2.63. The molecule has 0 spiro atoms. The molecule has 0 aliphatic carbocycles. The molecule has 2 fully saturated rings. The van der Waals surface area contributed by atoms with Crippen molar-refractivity contribution in [2.75, 3.05) is 19.8 Å². The van der Waals surface area contributed by atoms with Gasteiger partial charge in [0.25, 0.3) is 0 Å². The quantitative estimate of drug-likeness (QED) is 0.519. The van der Waals surface area contributed by atoms with Crippen molar-refractivity contribution in [3.05, 3.63) is 0 Å². The molecule has 9 atom stereocenters. The zero-order valence-corrected chi connectivity index (χ0v) is 18.7. The maximum atomic E-state index is 12.9. The van der Waals surface area contributed by atoms with Crippen molar-refractivity contribution >= 4 is 40.9 Å². The summed E-state index contributed by atoms with van der Waals surface area (Å²) < 4.78 is 5.91. The number of likely N-dealkylation sites (tertiary alicyclic amines) is 1. The van der Waals surface area contributed by atoms with Crippen LogP contribution in [-0.4, -0.2) is 87.5 Å². The van der Waals surface area contributed by atoms with Crippen LogP contribution in [0.25, 0.3) is 0 Å². The Morgan fingerprint density at radius 2 is 2.07 bits per heavy atom. The third-order valence-electron chi connectivity index (χ3n) is 5.58. The number of carbonyl (C=O) groups is 1. The summed E-state index contributed by atoms with van der Waals surface area (Å²) >= 11 is 14.0. The van der Waals surface area contributed by atoms with Gasteiger partial charge in [-0.3, -0.25) is 9.69 Å². The molecule has 3 N–H and O–H groups in total. The lowest BCUT2D eigenvalue weighted by Gasteiger charge is -2.44. The van der Waals surface area contributed by atoms with E-state index in [1.807, 2.05) is 7.05 Å². The second-order valence-electron chi connectivity index (χ2n) is 7.69. The Bertz CT molecular complexity index is 500. The summed E-state index contributed by atoms with van der Waals surface area (Å²) in [6.07, 6.45) is 1.89. The first kappa shape index (κ1) is 23.5. The molecule has 2 rings (SSSR count). The van der Waals surface area contributed by atoms with Gasteiger partial charge in [0.1, 0.15) is 17.6 Å². The Labute approximate surface area is 176 Å². The molecule has 158 valence electrons. The standard InChI is InChI=1S/C18H32Cl2N2O4S/c1-5-6-10-7-11(22(3)8-10)17(25)21-13(9(2)19)16-12(20)14(23)15(24)18(26-16)27-4/h9-16,18,23-24H,5-8H2,1-4H3,(H,21,25)/t9-,10+,11-,12+,13+,14-,15-,16-,18+/m0/s1. The molecule has 0 bridgehead atoms. The van der Waals surface area contributed by atoms with Crippen molar-refractivity contribution in [2.24, 2.45) is 5.92 Å². The van der Waals surface area contributed by atoms with E-state index in [0.717, 1.165) is 25.8 Å². The number of likely N-dealkylation sites (N-methyl/N-ethyl adjacent to an activating group) is 1. The topological polar surface area (TPSA) is 82.0 Å². The summed E-state index contributed by atoms with van der Waals surface area (Å²) in [6.45, 7) is 4.83. The fourth-order valence-corrected chi connectivity index (χ4v) is 5.33. The monoisotopic (exact) mass is 442 g/mol. The summed E-state index contributed by atoms with van der Waals surface area (Å²) in [5.41, 5.74) is -0.627. The zero-order chi connectivity index (χ0) is 20.3. The lowest BCUT2D eigenvalue weighted by atomic mass is 9.95. The molecule has 0 aromatic carbocycles. The van der Waals surface area contributed by atoms with Crippen molar-refractivity contribution in [2.45, 2.75) is 79.7 Å². The average Bonchev–Trinajstić information content (AvgIpc) is 2.99. The van der Waals surface area contributed by atoms with Gasteiger partial charge in [-0.05, 0) is 39.0 Å². The summed E-state index contributed by atoms with van der Waals surface area (Å²) in [5, 5.41) is 22.1. The number of rotatable bonds is 7. The number of alkyl halides is 2. The largest absolute Gasteiger partial charge is 0.389 e. The normalized spacial score (nSPS) is 39.9. The number of halogens is 2. The van der Waals surface area contributed by atoms with E-state index in [0.29, 0.717) is 5.92 Å². The van der Waals surface area contributed by atoms with Gasteiger partial charge in [0, 0.05) is 6.54 Å². The number of nitrogens with zero attached hydrogens (tertiary/aromatic N) is 1. The van der Waals surface area contributed by atoms with E-state index < -0.39 is 40.5 Å². The molecule has 27 heavy (non-hydrogen) atoms. The first-order chi connectivity index (χ1) is 12.7. The minimum absolute atomic E-state index is 0.0950. The van der Waals surface area contributed by atoms with Crippen LogP contribution in [0.2, 0.25) is 0 Å². The molecule has 0 aromatic rings. The maximum absolute atomic E-state index is 12.9. The summed E-state index contributed by atoms with van der Waals surface area (Å²) in [4.78, 5) is 15.0. The minimum Gasteiger partial charge on any atom is -0.389 e. The molecule has 0 aromatic heterocycles. The van der Waals surface area contributed by atoms with Crippen LogP contribution in [0.5, 0.6) is 0 Å². The van der Waals surface area contributed by atoms with E-state index in [1.54, 1.807) is 13.2 Å². The molecule has 2 aliphatic rings. The van der Waals surface area contributed by atoms with Gasteiger partial charge < -0.3 is 20.3 Å². The molecular formula is C18H32Cl2N2O4S. The zero-order valence-electron chi connectivity index (χ0n) is 16.3. The van der Waals surface area contributed by atoms with Crippen molar-refractivity contribution in [1.29, 1.82) is 0 Å². The maximum Gasteiger partial charge on any atom is 0.237 e. The minimum atomic E-state index is -1.15. The predicted octanol–water partition coefficient (Wildman–Crippen LogP) is 1.64. The smallest absolute Gasteiger partial charge is 0.237 e. The van der Waals surface area contributed by atoms with Gasteiger partial charge in [0.2, 0.25) is 5.91 Å². The molecule has 6 nitrogen and oxygen atoms in total. The van der Waals surface area contributed by atoms with Gasteiger partial charge >= 0.3 is 0 Å². The van der Waals surface area contributed by atoms with Gasteiger partial charge in [-0.15, -0.1) is 35.0 Å². The van der Waals surface area contributed by atoms with Gasteiger partial charge in [-0.2, -0.15) is 0 Å². The van der Waals surface area contributed by atoms with Crippen molar-refractivity contribution < 1.29 is 19.7 Å². The molecule has 0 radical (unpaired) electrons. The van der Waals surface area contributed by atoms with Gasteiger partial charge in [0.15, 0.2) is 0 Å².